The molecule has 10 heteroatoms. The monoisotopic (exact) mass is 536 g/mol. The molecule has 0 fully saturated rings. The van der Waals surface area contributed by atoms with Gasteiger partial charge in [-0.05, 0) is 36.4 Å². The normalized spacial score (nSPS) is 10.9. The smallest absolute Gasteiger partial charge is 0.204 e. The van der Waals surface area contributed by atoms with Gasteiger partial charge in [0.15, 0.2) is 28.8 Å². The van der Waals surface area contributed by atoms with Gasteiger partial charge in [-0.25, -0.2) is 4.98 Å². The van der Waals surface area contributed by atoms with E-state index in [9.17, 15) is 4.79 Å². The molecule has 0 amide bonds. The van der Waals surface area contributed by atoms with Crippen LogP contribution in [0.2, 0.25) is 0 Å². The number of nitrogens with one attached hydrogen (secondary N) is 1. The summed E-state index contributed by atoms with van der Waals surface area (Å²) >= 11 is 1.50. The van der Waals surface area contributed by atoms with Gasteiger partial charge in [0.25, 0.3) is 0 Å². The Morgan fingerprint density at radius 2 is 1.34 bits per heavy atom. The van der Waals surface area contributed by atoms with E-state index in [2.05, 4.69) is 5.32 Å². The van der Waals surface area contributed by atoms with Gasteiger partial charge in [0, 0.05) is 35.2 Å². The topological polar surface area (TPSA) is 97.4 Å². The van der Waals surface area contributed by atoms with Gasteiger partial charge < -0.3 is 33.7 Å². The first-order valence-corrected chi connectivity index (χ1v) is 12.3. The lowest BCUT2D eigenvalue weighted by atomic mass is 10.1. The van der Waals surface area contributed by atoms with Gasteiger partial charge in [0.2, 0.25) is 11.5 Å². The summed E-state index contributed by atoms with van der Waals surface area (Å²) in [6, 6.07) is 12.8. The second-order valence-electron chi connectivity index (χ2n) is 7.85. The number of benzene rings is 3. The fourth-order valence-electron chi connectivity index (χ4n) is 3.89. The van der Waals surface area contributed by atoms with E-state index in [1.165, 1.54) is 38.7 Å². The quantitative estimate of drug-likeness (QED) is 0.188. The molecule has 0 aliphatic rings. The van der Waals surface area contributed by atoms with Crippen molar-refractivity contribution in [1.82, 2.24) is 4.98 Å². The zero-order valence-corrected chi connectivity index (χ0v) is 22.7. The molecular formula is C28H28N2O7S. The Morgan fingerprint density at radius 1 is 0.763 bits per heavy atom. The van der Waals surface area contributed by atoms with E-state index in [0.29, 0.717) is 40.1 Å². The SMILES string of the molecule is COc1cc(C(=O)/C=C\Nc2ccc(-c3nc4cc(OC)c(OC)c(OC)c4s3)cc2)cc(OC)c1OC. The van der Waals surface area contributed by atoms with Gasteiger partial charge in [-0.1, -0.05) is 0 Å². The molecule has 0 radical (unpaired) electrons. The van der Waals surface area contributed by atoms with Gasteiger partial charge in [0.05, 0.1) is 48.2 Å². The molecule has 0 spiro atoms. The molecule has 0 saturated heterocycles. The maximum Gasteiger partial charge on any atom is 0.204 e. The van der Waals surface area contributed by atoms with Crippen LogP contribution in [0.5, 0.6) is 34.5 Å². The minimum atomic E-state index is -0.220. The van der Waals surface area contributed by atoms with Crippen LogP contribution < -0.4 is 33.7 Å². The van der Waals surface area contributed by atoms with Crippen LogP contribution in [0.3, 0.4) is 0 Å². The van der Waals surface area contributed by atoms with Crippen LogP contribution in [-0.4, -0.2) is 53.4 Å². The number of allylic oxidation sites excluding steroid dienone is 1. The fraction of sp³-hybridized carbons (Fsp3) is 0.214. The predicted molar refractivity (Wildman–Crippen MR) is 148 cm³/mol. The zero-order chi connectivity index (χ0) is 27.2. The molecule has 0 aliphatic carbocycles. The van der Waals surface area contributed by atoms with Crippen LogP contribution >= 0.6 is 11.3 Å². The number of carbonyl (C=O) groups is 1. The first kappa shape index (κ1) is 26.6. The summed E-state index contributed by atoms with van der Waals surface area (Å²) < 4.78 is 33.3. The molecule has 3 aromatic carbocycles. The Kier molecular flexibility index (Phi) is 8.22. The standard InChI is InChI=1S/C28H28N2O7S/c1-32-21-13-17(14-22(33-2)24(21)35-4)20(31)11-12-29-18-9-7-16(8-10-18)28-30-19-15-23(34-3)25(36-5)26(37-6)27(19)38-28/h7-15,29H,1-6H3/b12-11-. The molecule has 0 unspecified atom stereocenters. The molecule has 0 bridgehead atoms. The highest BCUT2D eigenvalue weighted by atomic mass is 32.1. The third kappa shape index (κ3) is 5.16. The first-order chi connectivity index (χ1) is 18.5. The van der Waals surface area contributed by atoms with Crippen molar-refractivity contribution in [1.29, 1.82) is 0 Å². The lowest BCUT2D eigenvalue weighted by molar-refractivity contribution is 0.104. The minimum absolute atomic E-state index is 0.220. The number of methoxy groups -OCH3 is 6. The minimum Gasteiger partial charge on any atom is -0.493 e. The number of fused-ring (bicyclic) bond motifs is 1. The summed E-state index contributed by atoms with van der Waals surface area (Å²) in [6.45, 7) is 0. The summed E-state index contributed by atoms with van der Waals surface area (Å²) in [4.78, 5) is 17.5. The van der Waals surface area contributed by atoms with Crippen LogP contribution in [0.1, 0.15) is 10.4 Å². The van der Waals surface area contributed by atoms with Crippen molar-refractivity contribution < 1.29 is 33.2 Å². The number of carbonyl (C=O) groups excluding carboxylic acids is 1. The van der Waals surface area contributed by atoms with Crippen molar-refractivity contribution in [3.8, 4) is 45.1 Å². The molecule has 4 rings (SSSR count). The second kappa shape index (κ2) is 11.7. The first-order valence-electron chi connectivity index (χ1n) is 11.4. The van der Waals surface area contributed by atoms with Gasteiger partial charge in [-0.3, -0.25) is 4.79 Å². The van der Waals surface area contributed by atoms with Crippen LogP contribution in [0.4, 0.5) is 5.69 Å². The number of thiazole rings is 1. The van der Waals surface area contributed by atoms with Gasteiger partial charge in [0.1, 0.15) is 9.71 Å². The number of ketones is 1. The second-order valence-corrected chi connectivity index (χ2v) is 8.84. The predicted octanol–water partition coefficient (Wildman–Crippen LogP) is 5.82. The van der Waals surface area contributed by atoms with Crippen LogP contribution in [0, 0.1) is 0 Å². The summed E-state index contributed by atoms with van der Waals surface area (Å²) in [6.07, 6.45) is 3.02. The van der Waals surface area contributed by atoms with Crippen molar-refractivity contribution in [2.24, 2.45) is 0 Å². The molecule has 0 aliphatic heterocycles. The Bertz CT molecular complexity index is 1450. The van der Waals surface area contributed by atoms with E-state index < -0.39 is 0 Å². The third-order valence-electron chi connectivity index (χ3n) is 5.75. The summed E-state index contributed by atoms with van der Waals surface area (Å²) in [5, 5.41) is 3.95. The molecule has 198 valence electrons. The molecule has 38 heavy (non-hydrogen) atoms. The van der Waals surface area contributed by atoms with Crippen molar-refractivity contribution in [3.63, 3.8) is 0 Å². The molecule has 9 nitrogen and oxygen atoms in total. The Labute approximate surface area is 224 Å². The molecule has 1 heterocycles. The number of hydrogen-bond donors (Lipinski definition) is 1. The zero-order valence-electron chi connectivity index (χ0n) is 21.9. The maximum absolute atomic E-state index is 12.7. The highest BCUT2D eigenvalue weighted by Crippen LogP contribution is 2.47. The lowest BCUT2D eigenvalue weighted by Crippen LogP contribution is -2.01. The van der Waals surface area contributed by atoms with Crippen molar-refractivity contribution in [3.05, 3.63) is 60.3 Å². The lowest BCUT2D eigenvalue weighted by Gasteiger charge is -2.13. The van der Waals surface area contributed by atoms with Crippen molar-refractivity contribution in [2.75, 3.05) is 48.0 Å². The van der Waals surface area contributed by atoms with E-state index in [0.717, 1.165) is 26.5 Å². The summed E-state index contributed by atoms with van der Waals surface area (Å²) in [5.41, 5.74) is 2.92. The third-order valence-corrected chi connectivity index (χ3v) is 6.87. The van der Waals surface area contributed by atoms with E-state index in [1.807, 2.05) is 30.3 Å². The maximum atomic E-state index is 12.7. The Morgan fingerprint density at radius 3 is 1.89 bits per heavy atom. The van der Waals surface area contributed by atoms with E-state index >= 15 is 0 Å². The number of anilines is 1. The van der Waals surface area contributed by atoms with Crippen LogP contribution in [0.25, 0.3) is 20.8 Å². The van der Waals surface area contributed by atoms with Gasteiger partial charge in [-0.15, -0.1) is 11.3 Å². The highest BCUT2D eigenvalue weighted by molar-refractivity contribution is 7.22. The number of aromatic nitrogens is 1. The average Bonchev–Trinajstić information content (AvgIpc) is 3.39. The van der Waals surface area contributed by atoms with Crippen LogP contribution in [-0.2, 0) is 0 Å². The highest BCUT2D eigenvalue weighted by Gasteiger charge is 2.20. The average molecular weight is 537 g/mol. The Hall–Kier alpha value is -4.44. The van der Waals surface area contributed by atoms with Crippen LogP contribution in [0.15, 0.2) is 54.7 Å². The van der Waals surface area contributed by atoms with E-state index in [-0.39, 0.29) is 5.78 Å². The Balaban J connectivity index is 1.51. The molecule has 1 aromatic heterocycles. The number of ether oxygens (including phenoxy) is 6. The van der Waals surface area contributed by atoms with Gasteiger partial charge in [-0.2, -0.15) is 0 Å². The molecule has 0 atom stereocenters. The van der Waals surface area contributed by atoms with E-state index in [1.54, 1.807) is 39.7 Å². The molecule has 0 saturated carbocycles. The van der Waals surface area contributed by atoms with Crippen molar-refractivity contribution >= 4 is 33.0 Å². The van der Waals surface area contributed by atoms with E-state index in [4.69, 9.17) is 33.4 Å². The van der Waals surface area contributed by atoms with Crippen molar-refractivity contribution in [2.45, 2.75) is 0 Å². The van der Waals surface area contributed by atoms with Gasteiger partial charge >= 0.3 is 0 Å². The largest absolute Gasteiger partial charge is 0.493 e. The molecular weight excluding hydrogens is 508 g/mol. The summed E-state index contributed by atoms with van der Waals surface area (Å²) in [7, 11) is 9.27. The molecule has 1 N–H and O–H groups in total. The number of hydrogen-bond acceptors (Lipinski definition) is 10. The molecule has 4 aromatic rings. The number of nitrogens with zero attached hydrogens (tertiary/aromatic N) is 1. The summed E-state index contributed by atoms with van der Waals surface area (Å²) in [5.74, 6) is 2.71. The fourth-order valence-corrected chi connectivity index (χ4v) is 4.96. The number of rotatable bonds is 11.